The topological polar surface area (TPSA) is 74.5 Å². The summed E-state index contributed by atoms with van der Waals surface area (Å²) in [6.45, 7) is 6.40. The molecule has 3 rings (SSSR count). The van der Waals surface area contributed by atoms with Crippen molar-refractivity contribution in [2.24, 2.45) is 0 Å². The van der Waals surface area contributed by atoms with Gasteiger partial charge in [-0.3, -0.25) is 9.88 Å². The van der Waals surface area contributed by atoms with Gasteiger partial charge in [0.05, 0.1) is 12.2 Å². The predicted octanol–water partition coefficient (Wildman–Crippen LogP) is 1.45. The number of nitrogens with one attached hydrogen (secondary N) is 1. The molecule has 2 amide bonds. The van der Waals surface area contributed by atoms with Gasteiger partial charge in [0.1, 0.15) is 0 Å². The average molecular weight is 329 g/mol. The molecule has 24 heavy (non-hydrogen) atoms. The molecular weight excluding hydrogens is 306 g/mol. The first-order valence-corrected chi connectivity index (χ1v) is 8.28. The third-order valence-corrected chi connectivity index (χ3v) is 4.10. The van der Waals surface area contributed by atoms with Gasteiger partial charge in [-0.25, -0.2) is 4.79 Å². The molecule has 1 N–H and O–H groups in total. The maximum absolute atomic E-state index is 12.2. The summed E-state index contributed by atoms with van der Waals surface area (Å²) in [4.78, 5) is 20.6. The number of aromatic nitrogens is 2. The van der Waals surface area contributed by atoms with Crippen molar-refractivity contribution in [2.75, 3.05) is 32.7 Å². The van der Waals surface area contributed by atoms with Gasteiger partial charge in [-0.05, 0) is 19.1 Å². The van der Waals surface area contributed by atoms with Gasteiger partial charge < -0.3 is 14.7 Å². The number of piperazine rings is 1. The number of carbonyl (C=O) groups excluding carboxylic acids is 1. The summed E-state index contributed by atoms with van der Waals surface area (Å²) in [5.41, 5.74) is 1.89. The third kappa shape index (κ3) is 4.55. The molecule has 128 valence electrons. The van der Waals surface area contributed by atoms with E-state index in [4.69, 9.17) is 4.52 Å². The van der Waals surface area contributed by atoms with Crippen molar-refractivity contribution in [3.8, 4) is 0 Å². The summed E-state index contributed by atoms with van der Waals surface area (Å²) in [5.74, 6) is 0.876. The van der Waals surface area contributed by atoms with Crippen LogP contribution >= 0.6 is 0 Å². The summed E-state index contributed by atoms with van der Waals surface area (Å²) >= 11 is 0. The van der Waals surface area contributed by atoms with Crippen molar-refractivity contribution >= 4 is 6.03 Å². The summed E-state index contributed by atoms with van der Waals surface area (Å²) < 4.78 is 5.25. The monoisotopic (exact) mass is 329 g/mol. The molecule has 7 nitrogen and oxygen atoms in total. The van der Waals surface area contributed by atoms with E-state index in [1.807, 2.05) is 36.1 Å². The lowest BCUT2D eigenvalue weighted by Crippen LogP contribution is -2.51. The summed E-state index contributed by atoms with van der Waals surface area (Å²) in [5, 5.41) is 6.87. The molecule has 0 unspecified atom stereocenters. The van der Waals surface area contributed by atoms with Crippen LogP contribution in [-0.2, 0) is 13.0 Å². The van der Waals surface area contributed by atoms with Crippen LogP contribution in [0.1, 0.15) is 17.1 Å². The van der Waals surface area contributed by atoms with Crippen molar-refractivity contribution in [2.45, 2.75) is 19.9 Å². The molecule has 1 saturated heterocycles. The van der Waals surface area contributed by atoms with E-state index in [1.54, 1.807) is 6.20 Å². The summed E-state index contributed by atoms with van der Waals surface area (Å²) in [6, 6.07) is 7.77. The molecule has 2 aromatic rings. The number of amides is 2. The van der Waals surface area contributed by atoms with Gasteiger partial charge in [0.2, 0.25) is 0 Å². The van der Waals surface area contributed by atoms with Crippen molar-refractivity contribution in [1.82, 2.24) is 25.3 Å². The lowest BCUT2D eigenvalue weighted by molar-refractivity contribution is 0.128. The molecule has 0 radical (unpaired) electrons. The van der Waals surface area contributed by atoms with Gasteiger partial charge in [0.15, 0.2) is 5.76 Å². The van der Waals surface area contributed by atoms with Gasteiger partial charge in [0, 0.05) is 57.1 Å². The van der Waals surface area contributed by atoms with Gasteiger partial charge in [0.25, 0.3) is 0 Å². The average Bonchev–Trinajstić information content (AvgIpc) is 3.01. The highest BCUT2D eigenvalue weighted by atomic mass is 16.5. The molecule has 1 aliphatic heterocycles. The van der Waals surface area contributed by atoms with E-state index in [0.29, 0.717) is 6.54 Å². The van der Waals surface area contributed by atoms with Crippen LogP contribution in [0.25, 0.3) is 0 Å². The first kappa shape index (κ1) is 16.4. The SMILES string of the molecule is Cc1cc(CN2CCN(C(=O)NCCc3ccccn3)CC2)on1. The van der Waals surface area contributed by atoms with Crippen LogP contribution in [0.15, 0.2) is 35.0 Å². The number of aryl methyl sites for hydroxylation is 1. The number of pyridine rings is 1. The zero-order valence-electron chi connectivity index (χ0n) is 13.9. The number of hydrogen-bond acceptors (Lipinski definition) is 5. The van der Waals surface area contributed by atoms with E-state index < -0.39 is 0 Å². The van der Waals surface area contributed by atoms with Crippen LogP contribution in [0.5, 0.6) is 0 Å². The van der Waals surface area contributed by atoms with E-state index in [1.165, 1.54) is 0 Å². The van der Waals surface area contributed by atoms with Crippen LogP contribution in [-0.4, -0.2) is 58.7 Å². The Morgan fingerprint density at radius 3 is 2.79 bits per heavy atom. The maximum Gasteiger partial charge on any atom is 0.317 e. The van der Waals surface area contributed by atoms with Gasteiger partial charge in [-0.15, -0.1) is 0 Å². The Hall–Kier alpha value is -2.41. The molecule has 0 saturated carbocycles. The standard InChI is InChI=1S/C17H23N5O2/c1-14-12-16(24-20-14)13-21-8-10-22(11-9-21)17(23)19-7-5-15-4-2-3-6-18-15/h2-4,6,12H,5,7-11,13H2,1H3,(H,19,23). The third-order valence-electron chi connectivity index (χ3n) is 4.10. The summed E-state index contributed by atoms with van der Waals surface area (Å²) in [6.07, 6.45) is 2.52. The van der Waals surface area contributed by atoms with Gasteiger partial charge >= 0.3 is 6.03 Å². The second kappa shape index (κ2) is 7.92. The molecule has 2 aromatic heterocycles. The Kier molecular flexibility index (Phi) is 5.43. The molecule has 7 heteroatoms. The van der Waals surface area contributed by atoms with Gasteiger partial charge in [-0.2, -0.15) is 0 Å². The quantitative estimate of drug-likeness (QED) is 0.899. The van der Waals surface area contributed by atoms with E-state index in [2.05, 4.69) is 20.4 Å². The van der Waals surface area contributed by atoms with Crippen molar-refractivity contribution in [3.05, 3.63) is 47.6 Å². The van der Waals surface area contributed by atoms with Crippen molar-refractivity contribution < 1.29 is 9.32 Å². The Morgan fingerprint density at radius 2 is 2.12 bits per heavy atom. The zero-order chi connectivity index (χ0) is 16.8. The zero-order valence-corrected chi connectivity index (χ0v) is 13.9. The van der Waals surface area contributed by atoms with Crippen LogP contribution in [0.2, 0.25) is 0 Å². The fourth-order valence-electron chi connectivity index (χ4n) is 2.78. The lowest BCUT2D eigenvalue weighted by atomic mass is 10.2. The normalized spacial score (nSPS) is 15.5. The Balaban J connectivity index is 1.37. The highest BCUT2D eigenvalue weighted by Crippen LogP contribution is 2.09. The molecule has 1 fully saturated rings. The Morgan fingerprint density at radius 1 is 1.29 bits per heavy atom. The molecule has 0 spiro atoms. The Bertz CT molecular complexity index is 650. The smallest absolute Gasteiger partial charge is 0.317 e. The first-order chi connectivity index (χ1) is 11.7. The van der Waals surface area contributed by atoms with E-state index >= 15 is 0 Å². The fraction of sp³-hybridized carbons (Fsp3) is 0.471. The molecule has 1 aliphatic rings. The number of nitrogens with zero attached hydrogens (tertiary/aromatic N) is 4. The number of hydrogen-bond donors (Lipinski definition) is 1. The minimum absolute atomic E-state index is 0.00101. The van der Waals surface area contributed by atoms with Crippen LogP contribution in [0.4, 0.5) is 4.79 Å². The maximum atomic E-state index is 12.2. The minimum Gasteiger partial charge on any atom is -0.360 e. The summed E-state index contributed by atoms with van der Waals surface area (Å²) in [7, 11) is 0. The second-order valence-corrected chi connectivity index (χ2v) is 6.00. The number of urea groups is 1. The molecule has 3 heterocycles. The van der Waals surface area contributed by atoms with E-state index in [0.717, 1.165) is 56.3 Å². The number of rotatable bonds is 5. The van der Waals surface area contributed by atoms with Crippen molar-refractivity contribution in [1.29, 1.82) is 0 Å². The van der Waals surface area contributed by atoms with Crippen molar-refractivity contribution in [3.63, 3.8) is 0 Å². The van der Waals surface area contributed by atoms with E-state index in [-0.39, 0.29) is 6.03 Å². The molecule has 0 aromatic carbocycles. The lowest BCUT2D eigenvalue weighted by Gasteiger charge is -2.34. The van der Waals surface area contributed by atoms with Crippen LogP contribution in [0.3, 0.4) is 0 Å². The van der Waals surface area contributed by atoms with E-state index in [9.17, 15) is 4.79 Å². The molecule has 0 atom stereocenters. The van der Waals surface area contributed by atoms with Crippen LogP contribution < -0.4 is 5.32 Å². The number of carbonyl (C=O) groups is 1. The second-order valence-electron chi connectivity index (χ2n) is 6.00. The Labute approximate surface area is 141 Å². The largest absolute Gasteiger partial charge is 0.360 e. The first-order valence-electron chi connectivity index (χ1n) is 8.28. The minimum atomic E-state index is 0.00101. The molecular formula is C17H23N5O2. The van der Waals surface area contributed by atoms with Crippen LogP contribution in [0, 0.1) is 6.92 Å². The molecule has 0 aliphatic carbocycles. The molecule has 0 bridgehead atoms. The van der Waals surface area contributed by atoms with Gasteiger partial charge in [-0.1, -0.05) is 11.2 Å². The highest BCUT2D eigenvalue weighted by molar-refractivity contribution is 5.74. The predicted molar refractivity (Wildman–Crippen MR) is 89.4 cm³/mol. The fourth-order valence-corrected chi connectivity index (χ4v) is 2.78. The highest BCUT2D eigenvalue weighted by Gasteiger charge is 2.21.